The molecule has 0 aliphatic rings. The molecule has 0 heterocycles. The maximum atomic E-state index is 11.7. The van der Waals surface area contributed by atoms with Gasteiger partial charge in [-0.05, 0) is 19.4 Å². The van der Waals surface area contributed by atoms with Crippen LogP contribution >= 0.6 is 15.2 Å². The number of nitrogens with two attached hydrogens (primary N) is 1. The maximum absolute atomic E-state index is 11.7. The van der Waals surface area contributed by atoms with E-state index in [0.29, 0.717) is 6.42 Å². The van der Waals surface area contributed by atoms with Crippen molar-refractivity contribution in [2.24, 2.45) is 5.73 Å². The Labute approximate surface area is 116 Å². The van der Waals surface area contributed by atoms with E-state index in [1.54, 1.807) is 0 Å². The Hall–Kier alpha value is -0.310. The largest absolute Gasteiger partial charge is 0.358 e. The van der Waals surface area contributed by atoms with Gasteiger partial charge in [-0.25, -0.2) is 0 Å². The van der Waals surface area contributed by atoms with Crippen LogP contribution in [-0.2, 0) is 13.9 Å². The molecule has 7 N–H and O–H groups in total. The second-order valence-electron chi connectivity index (χ2n) is 4.26. The van der Waals surface area contributed by atoms with Gasteiger partial charge in [0, 0.05) is 7.05 Å². The van der Waals surface area contributed by atoms with Crippen molar-refractivity contribution < 1.29 is 33.5 Å². The highest BCUT2D eigenvalue weighted by atomic mass is 31.2. The van der Waals surface area contributed by atoms with Crippen molar-refractivity contribution in [2.75, 3.05) is 26.2 Å². The summed E-state index contributed by atoms with van der Waals surface area (Å²) in [5.74, 6) is -0.583. The van der Waals surface area contributed by atoms with Crippen LogP contribution in [0.2, 0.25) is 0 Å². The van der Waals surface area contributed by atoms with Gasteiger partial charge in [-0.3, -0.25) is 18.8 Å². The second-order valence-corrected chi connectivity index (χ2v) is 7.49. The SMILES string of the molecule is CNC(=O)[C@H](CCCN)N(CP(=O)(O)O)CP(=O)(O)O. The number of carbonyl (C=O) groups excluding carboxylic acids is 1. The molecule has 12 heteroatoms. The van der Waals surface area contributed by atoms with Gasteiger partial charge in [0.15, 0.2) is 0 Å². The molecular weight excluding hydrogens is 312 g/mol. The summed E-state index contributed by atoms with van der Waals surface area (Å²) in [6.07, 6.45) is -1.32. The van der Waals surface area contributed by atoms with Crippen LogP contribution in [-0.4, -0.2) is 62.6 Å². The number of hydrogen-bond acceptors (Lipinski definition) is 5. The Morgan fingerprint density at radius 3 is 1.95 bits per heavy atom. The highest BCUT2D eigenvalue weighted by molar-refractivity contribution is 7.52. The number of likely N-dealkylation sites (N-methyl/N-ethyl adjacent to an activating group) is 1. The predicted octanol–water partition coefficient (Wildman–Crippen LogP) is -1.59. The molecule has 0 radical (unpaired) electrons. The molecule has 10 nitrogen and oxygen atoms in total. The third-order valence-electron chi connectivity index (χ3n) is 2.40. The monoisotopic (exact) mass is 333 g/mol. The molecule has 1 atom stereocenters. The molecular formula is C8H21N3O7P2. The van der Waals surface area contributed by atoms with Crippen LogP contribution in [0.4, 0.5) is 0 Å². The summed E-state index contributed by atoms with van der Waals surface area (Å²) < 4.78 is 22.1. The minimum atomic E-state index is -4.57. The third-order valence-corrected chi connectivity index (χ3v) is 3.87. The first-order chi connectivity index (χ1) is 9.00. The minimum absolute atomic E-state index is 0.135. The first-order valence-electron chi connectivity index (χ1n) is 5.75. The zero-order valence-corrected chi connectivity index (χ0v) is 12.8. The number of nitrogens with zero attached hydrogens (tertiary/aromatic N) is 1. The van der Waals surface area contributed by atoms with Crippen molar-refractivity contribution in [3.05, 3.63) is 0 Å². The summed E-state index contributed by atoms with van der Waals surface area (Å²) in [7, 11) is -7.82. The summed E-state index contributed by atoms with van der Waals surface area (Å²) in [6, 6.07) is -1.07. The number of nitrogens with one attached hydrogen (secondary N) is 1. The van der Waals surface area contributed by atoms with E-state index in [1.165, 1.54) is 7.05 Å². The quantitative estimate of drug-likeness (QED) is 0.272. The topological polar surface area (TPSA) is 173 Å². The van der Waals surface area contributed by atoms with Crippen molar-refractivity contribution in [2.45, 2.75) is 18.9 Å². The molecule has 0 rings (SSSR count). The number of hydrogen-bond donors (Lipinski definition) is 6. The summed E-state index contributed by atoms with van der Waals surface area (Å²) in [4.78, 5) is 48.4. The smallest absolute Gasteiger partial charge is 0.339 e. The Morgan fingerprint density at radius 2 is 1.65 bits per heavy atom. The normalized spacial score (nSPS) is 14.3. The zero-order valence-electron chi connectivity index (χ0n) is 11.0. The summed E-state index contributed by atoms with van der Waals surface area (Å²) in [5, 5.41) is 2.30. The van der Waals surface area contributed by atoms with Gasteiger partial charge in [0.05, 0.1) is 6.04 Å². The van der Waals surface area contributed by atoms with Crippen molar-refractivity contribution in [1.82, 2.24) is 10.2 Å². The van der Waals surface area contributed by atoms with E-state index in [9.17, 15) is 13.9 Å². The molecule has 0 saturated carbocycles. The van der Waals surface area contributed by atoms with Gasteiger partial charge in [0.1, 0.15) is 12.6 Å². The lowest BCUT2D eigenvalue weighted by atomic mass is 10.1. The summed E-state index contributed by atoms with van der Waals surface area (Å²) >= 11 is 0. The Bertz CT molecular complexity index is 383. The van der Waals surface area contributed by atoms with Gasteiger partial charge in [-0.1, -0.05) is 0 Å². The number of carbonyl (C=O) groups is 1. The molecule has 0 unspecified atom stereocenters. The Kier molecular flexibility index (Phi) is 8.08. The molecule has 0 saturated heterocycles. The van der Waals surface area contributed by atoms with E-state index in [4.69, 9.17) is 25.3 Å². The van der Waals surface area contributed by atoms with E-state index in [0.717, 1.165) is 4.90 Å². The standard InChI is InChI=1S/C8H21N3O7P2/c1-10-8(12)7(3-2-4-9)11(5-19(13,14)15)6-20(16,17)18/h7H,2-6,9H2,1H3,(H,10,12)(H2,13,14,15)(H2,16,17,18)/t7-/m0/s1. The molecule has 1 amide bonds. The molecule has 0 spiro atoms. The number of rotatable bonds is 9. The fraction of sp³-hybridized carbons (Fsp3) is 0.875. The van der Waals surface area contributed by atoms with Crippen LogP contribution in [0.25, 0.3) is 0 Å². The first kappa shape index (κ1) is 19.7. The third kappa shape index (κ3) is 8.78. The predicted molar refractivity (Wildman–Crippen MR) is 71.8 cm³/mol. The molecule has 0 bridgehead atoms. The average molecular weight is 333 g/mol. The van der Waals surface area contributed by atoms with E-state index >= 15 is 0 Å². The Balaban J connectivity index is 5.22. The molecule has 20 heavy (non-hydrogen) atoms. The lowest BCUT2D eigenvalue weighted by molar-refractivity contribution is -0.125. The average Bonchev–Trinajstić information content (AvgIpc) is 2.24. The highest BCUT2D eigenvalue weighted by Crippen LogP contribution is 2.42. The van der Waals surface area contributed by atoms with Crippen molar-refractivity contribution in [1.29, 1.82) is 0 Å². The van der Waals surface area contributed by atoms with Crippen LogP contribution in [0.5, 0.6) is 0 Å². The van der Waals surface area contributed by atoms with Crippen molar-refractivity contribution in [3.8, 4) is 0 Å². The maximum Gasteiger partial charge on any atom is 0.339 e. The highest BCUT2D eigenvalue weighted by Gasteiger charge is 2.34. The van der Waals surface area contributed by atoms with E-state index in [1.807, 2.05) is 0 Å². The molecule has 0 fully saturated rings. The van der Waals surface area contributed by atoms with Gasteiger partial charge in [0.2, 0.25) is 5.91 Å². The summed E-state index contributed by atoms with van der Waals surface area (Å²) in [6.45, 7) is 0.243. The van der Waals surface area contributed by atoms with Crippen LogP contribution in [0.15, 0.2) is 0 Å². The lowest BCUT2D eigenvalue weighted by Gasteiger charge is -2.30. The molecule has 0 aromatic rings. The van der Waals surface area contributed by atoms with Gasteiger partial charge >= 0.3 is 15.2 Å². The van der Waals surface area contributed by atoms with Crippen LogP contribution in [0.1, 0.15) is 12.8 Å². The van der Waals surface area contributed by atoms with Crippen molar-refractivity contribution in [3.63, 3.8) is 0 Å². The fourth-order valence-corrected chi connectivity index (χ4v) is 3.37. The van der Waals surface area contributed by atoms with Gasteiger partial charge in [-0.2, -0.15) is 0 Å². The van der Waals surface area contributed by atoms with Gasteiger partial charge < -0.3 is 30.6 Å². The zero-order chi connectivity index (χ0) is 16.0. The van der Waals surface area contributed by atoms with Gasteiger partial charge in [0.25, 0.3) is 0 Å². The molecule has 0 aromatic carbocycles. The second kappa shape index (κ2) is 8.21. The van der Waals surface area contributed by atoms with Crippen molar-refractivity contribution >= 4 is 21.1 Å². The number of amides is 1. The summed E-state index contributed by atoms with van der Waals surface area (Å²) in [5.41, 5.74) is 5.32. The molecule has 0 aromatic heterocycles. The van der Waals surface area contributed by atoms with E-state index in [-0.39, 0.29) is 13.0 Å². The lowest BCUT2D eigenvalue weighted by Crippen LogP contribution is -2.46. The first-order valence-corrected chi connectivity index (χ1v) is 9.34. The molecule has 0 aliphatic heterocycles. The van der Waals surface area contributed by atoms with Crippen LogP contribution in [0, 0.1) is 0 Å². The molecule has 120 valence electrons. The van der Waals surface area contributed by atoms with E-state index in [2.05, 4.69) is 5.32 Å². The van der Waals surface area contributed by atoms with E-state index < -0.39 is 39.7 Å². The van der Waals surface area contributed by atoms with Crippen LogP contribution in [0.3, 0.4) is 0 Å². The van der Waals surface area contributed by atoms with Crippen LogP contribution < -0.4 is 11.1 Å². The minimum Gasteiger partial charge on any atom is -0.358 e. The molecule has 0 aliphatic carbocycles. The fourth-order valence-electron chi connectivity index (χ4n) is 1.67. The van der Waals surface area contributed by atoms with Gasteiger partial charge in [-0.15, -0.1) is 0 Å². The Morgan fingerprint density at radius 1 is 1.20 bits per heavy atom.